The van der Waals surface area contributed by atoms with Gasteiger partial charge in [-0.05, 0) is 48.8 Å². The predicted molar refractivity (Wildman–Crippen MR) is 114 cm³/mol. The zero-order valence-corrected chi connectivity index (χ0v) is 17.6. The Kier molecular flexibility index (Phi) is 7.57. The molecule has 28 heavy (non-hydrogen) atoms. The van der Waals surface area contributed by atoms with Crippen LogP contribution in [0.5, 0.6) is 5.75 Å². The molecule has 6 nitrogen and oxygen atoms in total. The minimum Gasteiger partial charge on any atom is -0.508 e. The SMILES string of the molecule is CN=C(NCc1c(O)ccc2c1CCCC2)NCC(C(C)C)N1CCOCC1. The fourth-order valence-electron chi connectivity index (χ4n) is 4.38. The molecule has 0 aromatic heterocycles. The zero-order valence-electron chi connectivity index (χ0n) is 17.6. The minimum atomic E-state index is 0.386. The van der Waals surface area contributed by atoms with Gasteiger partial charge in [-0.1, -0.05) is 19.9 Å². The van der Waals surface area contributed by atoms with E-state index in [1.54, 1.807) is 7.05 Å². The van der Waals surface area contributed by atoms with Crippen molar-refractivity contribution in [3.8, 4) is 5.75 Å². The fourth-order valence-corrected chi connectivity index (χ4v) is 4.38. The van der Waals surface area contributed by atoms with Crippen LogP contribution in [0.1, 0.15) is 43.4 Å². The molecule has 1 fully saturated rings. The summed E-state index contributed by atoms with van der Waals surface area (Å²) in [6, 6.07) is 4.36. The standard InChI is InChI=1S/C22H36N4O2/c1-16(2)20(26-10-12-28-13-11-26)15-25-22(23-3)24-14-19-18-7-5-4-6-17(18)8-9-21(19)27/h8-9,16,20,27H,4-7,10-15H2,1-3H3,(H2,23,24,25). The molecule has 1 saturated heterocycles. The highest BCUT2D eigenvalue weighted by atomic mass is 16.5. The number of morpholine rings is 1. The molecule has 0 radical (unpaired) electrons. The van der Waals surface area contributed by atoms with E-state index in [0.29, 0.717) is 24.3 Å². The number of fused-ring (bicyclic) bond motifs is 1. The van der Waals surface area contributed by atoms with Gasteiger partial charge in [0, 0.05) is 44.8 Å². The molecule has 0 amide bonds. The number of hydrogen-bond donors (Lipinski definition) is 3. The van der Waals surface area contributed by atoms with Crippen LogP contribution in [-0.2, 0) is 24.1 Å². The van der Waals surface area contributed by atoms with E-state index in [0.717, 1.165) is 57.2 Å². The van der Waals surface area contributed by atoms with Gasteiger partial charge in [0.2, 0.25) is 0 Å². The number of nitrogens with zero attached hydrogens (tertiary/aromatic N) is 2. The van der Waals surface area contributed by atoms with E-state index in [1.165, 1.54) is 24.0 Å². The van der Waals surface area contributed by atoms with Gasteiger partial charge in [-0.3, -0.25) is 9.89 Å². The minimum absolute atomic E-state index is 0.386. The molecule has 3 rings (SSSR count). The highest BCUT2D eigenvalue weighted by Gasteiger charge is 2.24. The van der Waals surface area contributed by atoms with E-state index in [1.807, 2.05) is 6.07 Å². The average molecular weight is 389 g/mol. The van der Waals surface area contributed by atoms with Crippen molar-refractivity contribution < 1.29 is 9.84 Å². The Balaban J connectivity index is 1.59. The summed E-state index contributed by atoms with van der Waals surface area (Å²) >= 11 is 0. The number of rotatable bonds is 6. The molecule has 6 heteroatoms. The van der Waals surface area contributed by atoms with Crippen LogP contribution in [0.3, 0.4) is 0 Å². The number of benzene rings is 1. The van der Waals surface area contributed by atoms with E-state index in [4.69, 9.17) is 4.74 Å². The second kappa shape index (κ2) is 10.1. The van der Waals surface area contributed by atoms with Gasteiger partial charge in [-0.15, -0.1) is 0 Å². The van der Waals surface area contributed by atoms with Gasteiger partial charge in [0.25, 0.3) is 0 Å². The Hall–Kier alpha value is -1.79. The van der Waals surface area contributed by atoms with Crippen LogP contribution < -0.4 is 10.6 Å². The predicted octanol–water partition coefficient (Wildman–Crippen LogP) is 2.29. The Labute approximate surface area is 169 Å². The Morgan fingerprint density at radius 2 is 1.93 bits per heavy atom. The molecule has 0 saturated carbocycles. The summed E-state index contributed by atoms with van der Waals surface area (Å²) < 4.78 is 5.50. The molecule has 1 aliphatic carbocycles. The highest BCUT2D eigenvalue weighted by Crippen LogP contribution is 2.30. The van der Waals surface area contributed by atoms with Crippen LogP contribution in [0, 0.1) is 5.92 Å². The number of aryl methyl sites for hydroxylation is 1. The zero-order chi connectivity index (χ0) is 19.9. The number of guanidine groups is 1. The van der Waals surface area contributed by atoms with Crippen LogP contribution in [0.4, 0.5) is 0 Å². The maximum absolute atomic E-state index is 10.4. The molecule has 156 valence electrons. The number of phenols is 1. The van der Waals surface area contributed by atoms with Crippen molar-refractivity contribution in [2.45, 2.75) is 52.1 Å². The van der Waals surface area contributed by atoms with Gasteiger partial charge >= 0.3 is 0 Å². The second-order valence-corrected chi connectivity index (χ2v) is 8.17. The molecule has 1 heterocycles. The van der Waals surface area contributed by atoms with Gasteiger partial charge in [0.15, 0.2) is 5.96 Å². The van der Waals surface area contributed by atoms with Crippen LogP contribution in [0.25, 0.3) is 0 Å². The lowest BCUT2D eigenvalue weighted by Crippen LogP contribution is -2.52. The summed E-state index contributed by atoms with van der Waals surface area (Å²) in [6.07, 6.45) is 4.61. The normalized spacial score (nSPS) is 19.4. The summed E-state index contributed by atoms with van der Waals surface area (Å²) in [5, 5.41) is 17.3. The number of phenolic OH excluding ortho intramolecular Hbond substituents is 1. The van der Waals surface area contributed by atoms with Crippen molar-refractivity contribution in [1.29, 1.82) is 0 Å². The third-order valence-corrected chi connectivity index (χ3v) is 6.05. The lowest BCUT2D eigenvalue weighted by Gasteiger charge is -2.37. The molecular formula is C22H36N4O2. The van der Waals surface area contributed by atoms with Gasteiger partial charge in [-0.25, -0.2) is 0 Å². The van der Waals surface area contributed by atoms with Gasteiger partial charge in [0.05, 0.1) is 13.2 Å². The topological polar surface area (TPSA) is 69.1 Å². The Morgan fingerprint density at radius 1 is 1.18 bits per heavy atom. The summed E-state index contributed by atoms with van der Waals surface area (Å²) in [7, 11) is 1.80. The van der Waals surface area contributed by atoms with Crippen molar-refractivity contribution in [2.24, 2.45) is 10.9 Å². The number of aromatic hydroxyl groups is 1. The molecule has 3 N–H and O–H groups in total. The van der Waals surface area contributed by atoms with Crippen LogP contribution in [0.2, 0.25) is 0 Å². The Morgan fingerprint density at radius 3 is 2.64 bits per heavy atom. The van der Waals surface area contributed by atoms with Crippen LogP contribution in [-0.4, -0.2) is 61.9 Å². The third-order valence-electron chi connectivity index (χ3n) is 6.05. The summed E-state index contributed by atoms with van der Waals surface area (Å²) in [5.74, 6) is 1.72. The van der Waals surface area contributed by atoms with Crippen molar-refractivity contribution >= 4 is 5.96 Å². The van der Waals surface area contributed by atoms with Crippen LogP contribution >= 0.6 is 0 Å². The first-order chi connectivity index (χ1) is 13.6. The number of hydrogen-bond acceptors (Lipinski definition) is 4. The number of ether oxygens (including phenoxy) is 1. The fraction of sp³-hybridized carbons (Fsp3) is 0.682. The first-order valence-corrected chi connectivity index (χ1v) is 10.7. The quantitative estimate of drug-likeness (QED) is 0.515. The third kappa shape index (κ3) is 5.17. The lowest BCUT2D eigenvalue weighted by molar-refractivity contribution is 0.00752. The number of aliphatic imine (C=N–C) groups is 1. The smallest absolute Gasteiger partial charge is 0.191 e. The first-order valence-electron chi connectivity index (χ1n) is 10.7. The van der Waals surface area contributed by atoms with Crippen molar-refractivity contribution in [3.63, 3.8) is 0 Å². The van der Waals surface area contributed by atoms with E-state index >= 15 is 0 Å². The Bertz CT molecular complexity index is 669. The summed E-state index contributed by atoms with van der Waals surface area (Å²) in [4.78, 5) is 6.90. The molecule has 0 spiro atoms. The largest absolute Gasteiger partial charge is 0.508 e. The molecule has 0 bridgehead atoms. The first kappa shape index (κ1) is 20.9. The van der Waals surface area contributed by atoms with Gasteiger partial charge < -0.3 is 20.5 Å². The van der Waals surface area contributed by atoms with Crippen molar-refractivity contribution in [3.05, 3.63) is 28.8 Å². The molecule has 1 aromatic rings. The lowest BCUT2D eigenvalue weighted by atomic mass is 9.88. The van der Waals surface area contributed by atoms with Crippen molar-refractivity contribution in [2.75, 3.05) is 39.9 Å². The van der Waals surface area contributed by atoms with Crippen molar-refractivity contribution in [1.82, 2.24) is 15.5 Å². The molecule has 1 atom stereocenters. The maximum Gasteiger partial charge on any atom is 0.191 e. The second-order valence-electron chi connectivity index (χ2n) is 8.17. The molecule has 1 aliphatic heterocycles. The monoisotopic (exact) mass is 388 g/mol. The molecular weight excluding hydrogens is 352 g/mol. The molecule has 1 aromatic carbocycles. The molecule has 2 aliphatic rings. The van der Waals surface area contributed by atoms with E-state index in [9.17, 15) is 5.11 Å². The summed E-state index contributed by atoms with van der Waals surface area (Å²) in [6.45, 7) is 9.58. The highest BCUT2D eigenvalue weighted by molar-refractivity contribution is 5.79. The number of nitrogens with one attached hydrogen (secondary N) is 2. The average Bonchev–Trinajstić information content (AvgIpc) is 2.72. The van der Waals surface area contributed by atoms with Gasteiger partial charge in [0.1, 0.15) is 5.75 Å². The van der Waals surface area contributed by atoms with E-state index < -0.39 is 0 Å². The van der Waals surface area contributed by atoms with Gasteiger partial charge in [-0.2, -0.15) is 0 Å². The summed E-state index contributed by atoms with van der Waals surface area (Å²) in [5.41, 5.74) is 3.73. The van der Waals surface area contributed by atoms with E-state index in [-0.39, 0.29) is 0 Å². The molecule has 1 unspecified atom stereocenters. The van der Waals surface area contributed by atoms with E-state index in [2.05, 4.69) is 40.4 Å². The van der Waals surface area contributed by atoms with Crippen LogP contribution in [0.15, 0.2) is 17.1 Å². The maximum atomic E-state index is 10.4.